The molecule has 1 aromatic rings. The Morgan fingerprint density at radius 2 is 1.45 bits per heavy atom. The lowest BCUT2D eigenvalue weighted by Gasteiger charge is -2.19. The molecule has 2 fully saturated rings. The van der Waals surface area contributed by atoms with Gasteiger partial charge in [0.2, 0.25) is 11.8 Å². The summed E-state index contributed by atoms with van der Waals surface area (Å²) < 4.78 is 0. The predicted molar refractivity (Wildman–Crippen MR) is 85.4 cm³/mol. The third-order valence-electron chi connectivity index (χ3n) is 5.08. The van der Waals surface area contributed by atoms with E-state index >= 15 is 0 Å². The standard InChI is InChI=1S/C18H16ClNO2/c1-9(2)14-12-7-8-13(14)16-15(12)17(21)20(18(16)22)11-5-3-10(19)4-6-11/h3-8,12-13,15-16H,1-2H3/t12-,13-,15+,16+/m1/s1. The molecule has 4 heteroatoms. The number of imide groups is 1. The van der Waals surface area contributed by atoms with E-state index in [0.29, 0.717) is 10.7 Å². The second-order valence-corrected chi connectivity index (χ2v) is 6.87. The fourth-order valence-corrected chi connectivity index (χ4v) is 4.40. The van der Waals surface area contributed by atoms with Crippen molar-refractivity contribution in [2.45, 2.75) is 13.8 Å². The van der Waals surface area contributed by atoms with Crippen LogP contribution >= 0.6 is 11.6 Å². The third kappa shape index (κ3) is 1.63. The molecular formula is C18H16ClNO2. The van der Waals surface area contributed by atoms with Gasteiger partial charge in [-0.3, -0.25) is 9.59 Å². The molecule has 0 aromatic heterocycles. The molecule has 3 aliphatic rings. The zero-order valence-corrected chi connectivity index (χ0v) is 13.2. The van der Waals surface area contributed by atoms with Gasteiger partial charge >= 0.3 is 0 Å². The Kier molecular flexibility index (Phi) is 2.85. The number of fused-ring (bicyclic) bond motifs is 5. The second-order valence-electron chi connectivity index (χ2n) is 6.43. The SMILES string of the molecule is CC(C)=C1[C@H]2C=C[C@H]1[C@@H]1C(=O)N(c3ccc(Cl)cc3)C(=O)[C@H]12. The molecule has 3 nitrogen and oxygen atoms in total. The topological polar surface area (TPSA) is 37.4 Å². The van der Waals surface area contributed by atoms with E-state index in [4.69, 9.17) is 11.6 Å². The first-order chi connectivity index (χ1) is 10.5. The normalized spacial score (nSPS) is 32.1. The lowest BCUT2D eigenvalue weighted by atomic mass is 9.85. The van der Waals surface area contributed by atoms with E-state index in [-0.39, 0.29) is 35.5 Å². The molecule has 2 amide bonds. The molecular weight excluding hydrogens is 298 g/mol. The van der Waals surface area contributed by atoms with Crippen LogP contribution in [-0.2, 0) is 9.59 Å². The van der Waals surface area contributed by atoms with Crippen molar-refractivity contribution in [1.29, 1.82) is 0 Å². The van der Waals surface area contributed by atoms with E-state index in [1.165, 1.54) is 16.0 Å². The summed E-state index contributed by atoms with van der Waals surface area (Å²) >= 11 is 5.89. The van der Waals surface area contributed by atoms with E-state index in [0.717, 1.165) is 0 Å². The number of halogens is 1. The summed E-state index contributed by atoms with van der Waals surface area (Å²) in [7, 11) is 0. The molecule has 4 rings (SSSR count). The van der Waals surface area contributed by atoms with Crippen LogP contribution in [-0.4, -0.2) is 11.8 Å². The highest BCUT2D eigenvalue weighted by Crippen LogP contribution is 2.57. The average molecular weight is 314 g/mol. The number of anilines is 1. The van der Waals surface area contributed by atoms with Crippen LogP contribution < -0.4 is 4.90 Å². The molecule has 1 aliphatic heterocycles. The fraction of sp³-hybridized carbons (Fsp3) is 0.333. The zero-order chi connectivity index (χ0) is 15.6. The highest BCUT2D eigenvalue weighted by molar-refractivity contribution is 6.31. The summed E-state index contributed by atoms with van der Waals surface area (Å²) in [5.74, 6) is -0.436. The van der Waals surface area contributed by atoms with Gasteiger partial charge in [0.1, 0.15) is 0 Å². The zero-order valence-electron chi connectivity index (χ0n) is 12.4. The largest absolute Gasteiger partial charge is 0.274 e. The molecule has 2 aliphatic carbocycles. The summed E-state index contributed by atoms with van der Waals surface area (Å²) in [4.78, 5) is 27.1. The molecule has 0 unspecified atom stereocenters. The van der Waals surface area contributed by atoms with Crippen molar-refractivity contribution in [3.63, 3.8) is 0 Å². The number of benzene rings is 1. The first kappa shape index (κ1) is 13.8. The second kappa shape index (κ2) is 4.56. The van der Waals surface area contributed by atoms with E-state index in [1.807, 2.05) is 0 Å². The summed E-state index contributed by atoms with van der Waals surface area (Å²) in [6.45, 7) is 4.13. The number of hydrogen-bond acceptors (Lipinski definition) is 2. The summed E-state index contributed by atoms with van der Waals surface area (Å²) in [6.07, 6.45) is 4.20. The van der Waals surface area contributed by atoms with Gasteiger partial charge in [0.15, 0.2) is 0 Å². The van der Waals surface area contributed by atoms with Crippen molar-refractivity contribution in [3.05, 3.63) is 52.6 Å². The summed E-state index contributed by atoms with van der Waals surface area (Å²) in [5.41, 5.74) is 3.12. The number of carbonyl (C=O) groups excluding carboxylic acids is 2. The van der Waals surface area contributed by atoms with E-state index < -0.39 is 0 Å². The van der Waals surface area contributed by atoms with Crippen LogP contribution in [0.15, 0.2) is 47.6 Å². The number of nitrogens with zero attached hydrogens (tertiary/aromatic N) is 1. The molecule has 1 saturated heterocycles. The number of hydrogen-bond donors (Lipinski definition) is 0. The Hall–Kier alpha value is -1.87. The third-order valence-corrected chi connectivity index (χ3v) is 5.33. The summed E-state index contributed by atoms with van der Waals surface area (Å²) in [5, 5.41) is 0.594. The number of carbonyl (C=O) groups is 2. The Morgan fingerprint density at radius 1 is 0.955 bits per heavy atom. The highest BCUT2D eigenvalue weighted by Gasteiger charge is 2.61. The van der Waals surface area contributed by atoms with Crippen molar-refractivity contribution >= 4 is 29.1 Å². The van der Waals surface area contributed by atoms with Gasteiger partial charge in [-0.15, -0.1) is 0 Å². The minimum absolute atomic E-state index is 0.0760. The van der Waals surface area contributed by atoms with E-state index in [2.05, 4.69) is 26.0 Å². The Balaban J connectivity index is 1.76. The van der Waals surface area contributed by atoms with Crippen LogP contribution in [0.25, 0.3) is 0 Å². The molecule has 1 aromatic carbocycles. The molecule has 4 atom stereocenters. The van der Waals surface area contributed by atoms with Gasteiger partial charge in [-0.1, -0.05) is 34.9 Å². The van der Waals surface area contributed by atoms with Crippen molar-refractivity contribution in [3.8, 4) is 0 Å². The van der Waals surface area contributed by atoms with Gasteiger partial charge in [-0.2, -0.15) is 0 Å². The van der Waals surface area contributed by atoms with E-state index in [9.17, 15) is 9.59 Å². The maximum absolute atomic E-state index is 12.9. The molecule has 0 N–H and O–H groups in total. The van der Waals surface area contributed by atoms with Crippen LogP contribution in [0.5, 0.6) is 0 Å². The molecule has 1 saturated carbocycles. The monoisotopic (exact) mass is 313 g/mol. The fourth-order valence-electron chi connectivity index (χ4n) is 4.27. The van der Waals surface area contributed by atoms with Crippen molar-refractivity contribution in [1.82, 2.24) is 0 Å². The number of amides is 2. The van der Waals surface area contributed by atoms with Crippen molar-refractivity contribution < 1.29 is 9.59 Å². The maximum Gasteiger partial charge on any atom is 0.238 e. The maximum atomic E-state index is 12.9. The molecule has 112 valence electrons. The molecule has 22 heavy (non-hydrogen) atoms. The number of allylic oxidation sites excluding steroid dienone is 4. The highest BCUT2D eigenvalue weighted by atomic mass is 35.5. The van der Waals surface area contributed by atoms with Crippen molar-refractivity contribution in [2.24, 2.45) is 23.7 Å². The average Bonchev–Trinajstić information content (AvgIpc) is 3.11. The molecule has 2 bridgehead atoms. The van der Waals surface area contributed by atoms with Crippen LogP contribution in [0.4, 0.5) is 5.69 Å². The first-order valence-electron chi connectivity index (χ1n) is 7.49. The molecule has 0 radical (unpaired) electrons. The molecule has 0 spiro atoms. The van der Waals surface area contributed by atoms with E-state index in [1.54, 1.807) is 24.3 Å². The van der Waals surface area contributed by atoms with Gasteiger partial charge in [0.25, 0.3) is 0 Å². The van der Waals surface area contributed by atoms with Gasteiger partial charge < -0.3 is 0 Å². The lowest BCUT2D eigenvalue weighted by Crippen LogP contribution is -2.33. The minimum atomic E-state index is -0.233. The van der Waals surface area contributed by atoms with Crippen LogP contribution in [0.2, 0.25) is 5.02 Å². The van der Waals surface area contributed by atoms with Gasteiger partial charge in [0.05, 0.1) is 17.5 Å². The van der Waals surface area contributed by atoms with Crippen molar-refractivity contribution in [2.75, 3.05) is 4.90 Å². The van der Waals surface area contributed by atoms with Crippen LogP contribution in [0, 0.1) is 23.7 Å². The Labute approximate surface area is 134 Å². The quantitative estimate of drug-likeness (QED) is 0.587. The summed E-state index contributed by atoms with van der Waals surface area (Å²) in [6, 6.07) is 6.88. The smallest absolute Gasteiger partial charge is 0.238 e. The first-order valence-corrected chi connectivity index (χ1v) is 7.87. The van der Waals surface area contributed by atoms with Crippen LogP contribution in [0.1, 0.15) is 13.8 Å². The number of rotatable bonds is 1. The molecule has 1 heterocycles. The minimum Gasteiger partial charge on any atom is -0.274 e. The Bertz CT molecular complexity index is 709. The van der Waals surface area contributed by atoms with Gasteiger partial charge in [-0.05, 0) is 38.1 Å². The predicted octanol–water partition coefficient (Wildman–Crippen LogP) is 3.60. The van der Waals surface area contributed by atoms with Crippen LogP contribution in [0.3, 0.4) is 0 Å². The lowest BCUT2D eigenvalue weighted by molar-refractivity contribution is -0.122. The van der Waals surface area contributed by atoms with Gasteiger partial charge in [-0.25, -0.2) is 4.90 Å². The van der Waals surface area contributed by atoms with Gasteiger partial charge in [0, 0.05) is 16.9 Å². The Morgan fingerprint density at radius 3 is 1.91 bits per heavy atom.